The number of hydrogen-bond donors (Lipinski definition) is 1. The van der Waals surface area contributed by atoms with Gasteiger partial charge in [0.1, 0.15) is 5.69 Å². The molecular formula is C15H15N5O4. The van der Waals surface area contributed by atoms with Gasteiger partial charge >= 0.3 is 0 Å². The average Bonchev–Trinajstić information content (AvgIpc) is 2.55. The van der Waals surface area contributed by atoms with Crippen LogP contribution in [0, 0.1) is 20.2 Å². The van der Waals surface area contributed by atoms with E-state index in [0.29, 0.717) is 16.9 Å². The van der Waals surface area contributed by atoms with Gasteiger partial charge in [0, 0.05) is 37.9 Å². The molecule has 0 aromatic heterocycles. The van der Waals surface area contributed by atoms with E-state index in [4.69, 9.17) is 0 Å². The van der Waals surface area contributed by atoms with Crippen molar-refractivity contribution in [1.82, 2.24) is 0 Å². The van der Waals surface area contributed by atoms with Gasteiger partial charge in [0.2, 0.25) is 0 Å². The maximum absolute atomic E-state index is 11.1. The van der Waals surface area contributed by atoms with E-state index in [2.05, 4.69) is 10.5 Å². The van der Waals surface area contributed by atoms with E-state index < -0.39 is 9.85 Å². The highest BCUT2D eigenvalue weighted by Crippen LogP contribution is 2.27. The molecule has 124 valence electrons. The molecule has 0 saturated carbocycles. The summed E-state index contributed by atoms with van der Waals surface area (Å²) in [5.74, 6) is 0. The number of nitrogens with one attached hydrogen (secondary N) is 1. The second-order valence-electron chi connectivity index (χ2n) is 5.07. The number of hydrazone groups is 1. The summed E-state index contributed by atoms with van der Waals surface area (Å²) in [6.45, 7) is 0. The summed E-state index contributed by atoms with van der Waals surface area (Å²) < 4.78 is 0. The van der Waals surface area contributed by atoms with E-state index in [-0.39, 0.29) is 11.4 Å². The van der Waals surface area contributed by atoms with Crippen molar-refractivity contribution >= 4 is 29.0 Å². The highest BCUT2D eigenvalue weighted by atomic mass is 16.6. The van der Waals surface area contributed by atoms with Gasteiger partial charge in [-0.15, -0.1) is 0 Å². The minimum Gasteiger partial charge on any atom is -0.372 e. The molecule has 0 amide bonds. The van der Waals surface area contributed by atoms with Gasteiger partial charge in [0.25, 0.3) is 11.4 Å². The van der Waals surface area contributed by atoms with Crippen molar-refractivity contribution < 1.29 is 9.85 Å². The predicted octanol–water partition coefficient (Wildman–Crippen LogP) is 3.02. The molecule has 2 aromatic carbocycles. The van der Waals surface area contributed by atoms with Gasteiger partial charge in [0.05, 0.1) is 21.7 Å². The number of anilines is 2. The summed E-state index contributed by atoms with van der Waals surface area (Å²) >= 11 is 0. The zero-order valence-electron chi connectivity index (χ0n) is 13.0. The first-order chi connectivity index (χ1) is 11.4. The SMILES string of the molecule is CN(C)c1ccc(/C=N\Nc2ccc([N+](=O)[O-])cc2)cc1[N+](=O)[O-]. The predicted molar refractivity (Wildman–Crippen MR) is 91.7 cm³/mol. The summed E-state index contributed by atoms with van der Waals surface area (Å²) in [5.41, 5.74) is 4.31. The molecule has 24 heavy (non-hydrogen) atoms. The van der Waals surface area contributed by atoms with Crippen LogP contribution in [0.1, 0.15) is 5.56 Å². The fraction of sp³-hybridized carbons (Fsp3) is 0.133. The van der Waals surface area contributed by atoms with E-state index >= 15 is 0 Å². The number of hydrogen-bond acceptors (Lipinski definition) is 7. The average molecular weight is 329 g/mol. The molecule has 0 aliphatic heterocycles. The third-order valence-electron chi connectivity index (χ3n) is 3.16. The van der Waals surface area contributed by atoms with Crippen LogP contribution in [0.2, 0.25) is 0 Å². The molecule has 1 N–H and O–H groups in total. The normalized spacial score (nSPS) is 10.6. The van der Waals surface area contributed by atoms with Gasteiger partial charge in [-0.25, -0.2) is 0 Å². The Morgan fingerprint density at radius 2 is 1.71 bits per heavy atom. The lowest BCUT2D eigenvalue weighted by Gasteiger charge is -2.12. The fourth-order valence-electron chi connectivity index (χ4n) is 1.98. The van der Waals surface area contributed by atoms with Gasteiger partial charge in [-0.1, -0.05) is 6.07 Å². The molecule has 2 rings (SSSR count). The molecule has 0 saturated heterocycles. The zero-order valence-corrected chi connectivity index (χ0v) is 13.0. The van der Waals surface area contributed by atoms with E-state index in [9.17, 15) is 20.2 Å². The van der Waals surface area contributed by atoms with Crippen molar-refractivity contribution in [1.29, 1.82) is 0 Å². The van der Waals surface area contributed by atoms with Crippen LogP contribution in [0.15, 0.2) is 47.6 Å². The number of nitrogens with zero attached hydrogens (tertiary/aromatic N) is 4. The third kappa shape index (κ3) is 4.03. The number of non-ortho nitro benzene ring substituents is 1. The number of nitro benzene ring substituents is 2. The molecule has 0 unspecified atom stereocenters. The van der Waals surface area contributed by atoms with Gasteiger partial charge in [-0.05, 0) is 18.2 Å². The van der Waals surface area contributed by atoms with Crippen LogP contribution in [-0.4, -0.2) is 30.2 Å². The maximum atomic E-state index is 11.1. The summed E-state index contributed by atoms with van der Waals surface area (Å²) in [6.07, 6.45) is 1.44. The monoisotopic (exact) mass is 329 g/mol. The van der Waals surface area contributed by atoms with Crippen LogP contribution in [-0.2, 0) is 0 Å². The third-order valence-corrected chi connectivity index (χ3v) is 3.16. The van der Waals surface area contributed by atoms with Crippen molar-refractivity contribution in [3.63, 3.8) is 0 Å². The smallest absolute Gasteiger partial charge is 0.293 e. The van der Waals surface area contributed by atoms with Gasteiger partial charge < -0.3 is 4.90 Å². The molecule has 0 heterocycles. The van der Waals surface area contributed by atoms with Crippen LogP contribution >= 0.6 is 0 Å². The first-order valence-corrected chi connectivity index (χ1v) is 6.88. The lowest BCUT2D eigenvalue weighted by molar-refractivity contribution is -0.384. The van der Waals surface area contributed by atoms with Crippen molar-refractivity contribution in [2.24, 2.45) is 5.10 Å². The van der Waals surface area contributed by atoms with Crippen molar-refractivity contribution in [2.45, 2.75) is 0 Å². The largest absolute Gasteiger partial charge is 0.372 e. The van der Waals surface area contributed by atoms with Crippen molar-refractivity contribution in [3.05, 3.63) is 68.3 Å². The van der Waals surface area contributed by atoms with E-state index in [1.165, 1.54) is 36.5 Å². The first-order valence-electron chi connectivity index (χ1n) is 6.88. The molecule has 0 aliphatic rings. The first kappa shape index (κ1) is 16.9. The molecule has 9 nitrogen and oxygen atoms in total. The molecule has 2 aromatic rings. The highest BCUT2D eigenvalue weighted by molar-refractivity contribution is 5.83. The quantitative estimate of drug-likeness (QED) is 0.495. The Bertz CT molecular complexity index is 787. The Morgan fingerprint density at radius 1 is 1.04 bits per heavy atom. The molecular weight excluding hydrogens is 314 g/mol. The number of nitro groups is 2. The maximum Gasteiger partial charge on any atom is 0.293 e. The Hall–Kier alpha value is -3.49. The van der Waals surface area contributed by atoms with Crippen LogP contribution in [0.3, 0.4) is 0 Å². The minimum absolute atomic E-state index is 0.0144. The zero-order chi connectivity index (χ0) is 17.7. The fourth-order valence-corrected chi connectivity index (χ4v) is 1.98. The van der Waals surface area contributed by atoms with Crippen molar-refractivity contribution in [2.75, 3.05) is 24.4 Å². The Labute approximate surface area is 137 Å². The topological polar surface area (TPSA) is 114 Å². The van der Waals surface area contributed by atoms with Gasteiger partial charge in [-0.2, -0.15) is 5.10 Å². The van der Waals surface area contributed by atoms with Crippen LogP contribution in [0.25, 0.3) is 0 Å². The number of rotatable bonds is 6. The molecule has 0 radical (unpaired) electrons. The molecule has 9 heteroatoms. The summed E-state index contributed by atoms with van der Waals surface area (Å²) in [5, 5.41) is 25.7. The Balaban J connectivity index is 2.13. The summed E-state index contributed by atoms with van der Waals surface area (Å²) in [7, 11) is 3.46. The number of benzene rings is 2. The summed E-state index contributed by atoms with van der Waals surface area (Å²) in [4.78, 5) is 22.4. The highest BCUT2D eigenvalue weighted by Gasteiger charge is 2.15. The molecule has 0 fully saturated rings. The van der Waals surface area contributed by atoms with E-state index in [1.54, 1.807) is 31.1 Å². The van der Waals surface area contributed by atoms with Crippen LogP contribution in [0.5, 0.6) is 0 Å². The Kier molecular flexibility index (Phi) is 5.05. The second kappa shape index (κ2) is 7.18. The molecule has 0 aliphatic carbocycles. The molecule has 0 atom stereocenters. The van der Waals surface area contributed by atoms with E-state index in [0.717, 1.165) is 0 Å². The van der Waals surface area contributed by atoms with E-state index in [1.807, 2.05) is 0 Å². The lowest BCUT2D eigenvalue weighted by Crippen LogP contribution is -2.11. The van der Waals surface area contributed by atoms with Crippen LogP contribution < -0.4 is 10.3 Å². The Morgan fingerprint density at radius 3 is 2.25 bits per heavy atom. The van der Waals surface area contributed by atoms with Crippen LogP contribution in [0.4, 0.5) is 22.7 Å². The lowest BCUT2D eigenvalue weighted by atomic mass is 10.2. The van der Waals surface area contributed by atoms with Crippen molar-refractivity contribution in [3.8, 4) is 0 Å². The summed E-state index contributed by atoms with van der Waals surface area (Å²) in [6, 6.07) is 10.5. The van der Waals surface area contributed by atoms with Gasteiger partial charge in [-0.3, -0.25) is 25.7 Å². The molecule has 0 spiro atoms. The minimum atomic E-state index is -0.488. The molecule has 0 bridgehead atoms. The standard InChI is InChI=1S/C15H15N5O4/c1-18(2)14-8-3-11(9-15(14)20(23)24)10-16-17-12-4-6-13(7-5-12)19(21)22/h3-10,17H,1-2H3/b16-10-. The second-order valence-corrected chi connectivity index (χ2v) is 5.07. The van der Waals surface area contributed by atoms with Gasteiger partial charge in [0.15, 0.2) is 0 Å².